The van der Waals surface area contributed by atoms with Crippen LogP contribution in [-0.4, -0.2) is 35.8 Å². The van der Waals surface area contributed by atoms with Crippen LogP contribution in [0.4, 0.5) is 5.69 Å². The van der Waals surface area contributed by atoms with Gasteiger partial charge in [0.25, 0.3) is 10.0 Å². The SMILES string of the molecule is CCOc1ccc(S(=O)(=O)N(CC)c2cc(OC)ccc2OC)cc1. The lowest BCUT2D eigenvalue weighted by atomic mass is 10.2. The molecule has 0 radical (unpaired) electrons. The maximum atomic E-state index is 13.1. The molecule has 0 aliphatic carbocycles. The molecular formula is C18H23NO5S. The van der Waals surface area contributed by atoms with Crippen molar-refractivity contribution in [3.63, 3.8) is 0 Å². The lowest BCUT2D eigenvalue weighted by molar-refractivity contribution is 0.340. The molecule has 2 aromatic carbocycles. The maximum absolute atomic E-state index is 13.1. The number of hydrogen-bond donors (Lipinski definition) is 0. The van der Waals surface area contributed by atoms with E-state index in [2.05, 4.69) is 0 Å². The molecule has 2 rings (SSSR count). The molecule has 2 aromatic rings. The third kappa shape index (κ3) is 3.99. The fourth-order valence-electron chi connectivity index (χ4n) is 2.46. The monoisotopic (exact) mass is 365 g/mol. The summed E-state index contributed by atoms with van der Waals surface area (Å²) in [5, 5.41) is 0. The van der Waals surface area contributed by atoms with Gasteiger partial charge in [0.05, 0.1) is 31.4 Å². The molecule has 136 valence electrons. The first-order valence-corrected chi connectivity index (χ1v) is 9.39. The summed E-state index contributed by atoms with van der Waals surface area (Å²) in [7, 11) is -0.718. The van der Waals surface area contributed by atoms with Gasteiger partial charge >= 0.3 is 0 Å². The number of hydrogen-bond acceptors (Lipinski definition) is 5. The van der Waals surface area contributed by atoms with Crippen molar-refractivity contribution in [1.29, 1.82) is 0 Å². The summed E-state index contributed by atoms with van der Waals surface area (Å²) in [5.41, 5.74) is 0.429. The van der Waals surface area contributed by atoms with Crippen molar-refractivity contribution in [3.8, 4) is 17.2 Å². The highest BCUT2D eigenvalue weighted by Gasteiger charge is 2.26. The van der Waals surface area contributed by atoms with Crippen LogP contribution >= 0.6 is 0 Å². The Kier molecular flexibility index (Phi) is 6.14. The van der Waals surface area contributed by atoms with E-state index in [9.17, 15) is 8.42 Å². The Morgan fingerprint density at radius 1 is 0.920 bits per heavy atom. The number of benzene rings is 2. The molecular weight excluding hydrogens is 342 g/mol. The third-order valence-electron chi connectivity index (χ3n) is 3.66. The Bertz CT molecular complexity index is 803. The molecule has 0 bridgehead atoms. The first-order chi connectivity index (χ1) is 12.0. The molecule has 0 heterocycles. The molecule has 0 fully saturated rings. The summed E-state index contributed by atoms with van der Waals surface area (Å²) in [6, 6.07) is 11.4. The maximum Gasteiger partial charge on any atom is 0.264 e. The van der Waals surface area contributed by atoms with E-state index < -0.39 is 10.0 Å². The molecule has 0 aromatic heterocycles. The first kappa shape index (κ1) is 18.9. The highest BCUT2D eigenvalue weighted by molar-refractivity contribution is 7.92. The minimum absolute atomic E-state index is 0.183. The molecule has 7 heteroatoms. The second kappa shape index (κ2) is 8.11. The van der Waals surface area contributed by atoms with Gasteiger partial charge < -0.3 is 14.2 Å². The zero-order chi connectivity index (χ0) is 18.4. The summed E-state index contributed by atoms with van der Waals surface area (Å²) < 4.78 is 43.4. The Morgan fingerprint density at radius 3 is 2.08 bits per heavy atom. The highest BCUT2D eigenvalue weighted by Crippen LogP contribution is 2.35. The molecule has 0 unspecified atom stereocenters. The molecule has 0 spiro atoms. The molecule has 0 amide bonds. The van der Waals surface area contributed by atoms with E-state index in [-0.39, 0.29) is 11.4 Å². The van der Waals surface area contributed by atoms with Gasteiger partial charge in [0.2, 0.25) is 0 Å². The van der Waals surface area contributed by atoms with E-state index in [1.54, 1.807) is 37.3 Å². The Hall–Kier alpha value is -2.41. The van der Waals surface area contributed by atoms with Gasteiger partial charge in [-0.15, -0.1) is 0 Å². The van der Waals surface area contributed by atoms with Gasteiger partial charge in [-0.05, 0) is 50.2 Å². The van der Waals surface area contributed by atoms with Crippen LogP contribution in [0.2, 0.25) is 0 Å². The van der Waals surface area contributed by atoms with Crippen molar-refractivity contribution in [3.05, 3.63) is 42.5 Å². The van der Waals surface area contributed by atoms with Crippen LogP contribution in [0, 0.1) is 0 Å². The predicted molar refractivity (Wildman–Crippen MR) is 97.4 cm³/mol. The van der Waals surface area contributed by atoms with Crippen molar-refractivity contribution in [1.82, 2.24) is 0 Å². The van der Waals surface area contributed by atoms with Crippen LogP contribution in [-0.2, 0) is 10.0 Å². The minimum atomic E-state index is -3.75. The minimum Gasteiger partial charge on any atom is -0.497 e. The van der Waals surface area contributed by atoms with Crippen LogP contribution in [0.1, 0.15) is 13.8 Å². The van der Waals surface area contributed by atoms with Crippen molar-refractivity contribution in [2.45, 2.75) is 18.7 Å². The van der Waals surface area contributed by atoms with Gasteiger partial charge in [0.15, 0.2) is 0 Å². The Balaban J connectivity index is 2.48. The van der Waals surface area contributed by atoms with Gasteiger partial charge in [-0.2, -0.15) is 0 Å². The molecule has 6 nitrogen and oxygen atoms in total. The lowest BCUT2D eigenvalue weighted by Gasteiger charge is -2.25. The lowest BCUT2D eigenvalue weighted by Crippen LogP contribution is -2.31. The third-order valence-corrected chi connectivity index (χ3v) is 5.57. The molecule has 0 atom stereocenters. The van der Waals surface area contributed by atoms with E-state index in [1.165, 1.54) is 30.7 Å². The van der Waals surface area contributed by atoms with Crippen LogP contribution in [0.15, 0.2) is 47.4 Å². The van der Waals surface area contributed by atoms with E-state index >= 15 is 0 Å². The molecule has 0 aliphatic rings. The smallest absolute Gasteiger partial charge is 0.264 e. The van der Waals surface area contributed by atoms with Gasteiger partial charge in [0.1, 0.15) is 17.2 Å². The Morgan fingerprint density at radius 2 is 1.56 bits per heavy atom. The van der Waals surface area contributed by atoms with Gasteiger partial charge in [-0.3, -0.25) is 4.31 Å². The fourth-order valence-corrected chi connectivity index (χ4v) is 3.94. The zero-order valence-corrected chi connectivity index (χ0v) is 15.7. The highest BCUT2D eigenvalue weighted by atomic mass is 32.2. The molecule has 0 N–H and O–H groups in total. The van der Waals surface area contributed by atoms with E-state index in [4.69, 9.17) is 14.2 Å². The summed E-state index contributed by atoms with van der Waals surface area (Å²) in [6.45, 7) is 4.41. The first-order valence-electron chi connectivity index (χ1n) is 7.95. The standard InChI is InChI=1S/C18H23NO5S/c1-5-19(17-13-15(22-3)9-12-18(17)23-4)25(20,21)16-10-7-14(8-11-16)24-6-2/h7-13H,5-6H2,1-4H3. The topological polar surface area (TPSA) is 65.1 Å². The van der Waals surface area contributed by atoms with Crippen molar-refractivity contribution in [2.75, 3.05) is 31.7 Å². The fraction of sp³-hybridized carbons (Fsp3) is 0.333. The molecule has 0 saturated heterocycles. The number of nitrogens with zero attached hydrogens (tertiary/aromatic N) is 1. The predicted octanol–water partition coefficient (Wildman–Crippen LogP) is 3.32. The van der Waals surface area contributed by atoms with Crippen LogP contribution in [0.25, 0.3) is 0 Å². The van der Waals surface area contributed by atoms with Crippen molar-refractivity contribution in [2.24, 2.45) is 0 Å². The molecule has 25 heavy (non-hydrogen) atoms. The van der Waals surface area contributed by atoms with Gasteiger partial charge in [0, 0.05) is 12.6 Å². The quantitative estimate of drug-likeness (QED) is 0.718. The average Bonchev–Trinajstić information content (AvgIpc) is 2.62. The van der Waals surface area contributed by atoms with Gasteiger partial charge in [-0.25, -0.2) is 8.42 Å². The van der Waals surface area contributed by atoms with E-state index in [0.29, 0.717) is 29.5 Å². The van der Waals surface area contributed by atoms with Crippen LogP contribution in [0.3, 0.4) is 0 Å². The zero-order valence-electron chi connectivity index (χ0n) is 14.9. The molecule has 0 aliphatic heterocycles. The second-order valence-electron chi connectivity index (χ2n) is 5.11. The summed E-state index contributed by atoms with van der Waals surface area (Å²) in [6.07, 6.45) is 0. The van der Waals surface area contributed by atoms with Crippen molar-refractivity contribution < 1.29 is 22.6 Å². The average molecular weight is 365 g/mol. The summed E-state index contributed by atoms with van der Waals surface area (Å²) >= 11 is 0. The van der Waals surface area contributed by atoms with Crippen LogP contribution < -0.4 is 18.5 Å². The Labute approximate surface area is 149 Å². The largest absolute Gasteiger partial charge is 0.497 e. The summed E-state index contributed by atoms with van der Waals surface area (Å²) in [5.74, 6) is 1.64. The number of ether oxygens (including phenoxy) is 3. The summed E-state index contributed by atoms with van der Waals surface area (Å²) in [4.78, 5) is 0.183. The number of anilines is 1. The van der Waals surface area contributed by atoms with E-state index in [1.807, 2.05) is 6.92 Å². The number of sulfonamides is 1. The van der Waals surface area contributed by atoms with E-state index in [0.717, 1.165) is 0 Å². The van der Waals surface area contributed by atoms with Crippen molar-refractivity contribution >= 4 is 15.7 Å². The second-order valence-corrected chi connectivity index (χ2v) is 6.97. The molecule has 0 saturated carbocycles. The van der Waals surface area contributed by atoms with Gasteiger partial charge in [-0.1, -0.05) is 0 Å². The number of rotatable bonds is 8. The normalized spacial score (nSPS) is 11.0. The number of methoxy groups -OCH3 is 2. The van der Waals surface area contributed by atoms with Crippen LogP contribution in [0.5, 0.6) is 17.2 Å².